The highest BCUT2D eigenvalue weighted by Gasteiger charge is 2.35. The predicted octanol–water partition coefficient (Wildman–Crippen LogP) is 4.70. The molecule has 1 amide bonds. The number of carbonyl (C=O) groups excluding carboxylic acids is 4. The lowest BCUT2D eigenvalue weighted by atomic mass is 10.1. The summed E-state index contributed by atoms with van der Waals surface area (Å²) in [5.74, 6) is -3.35. The van der Waals surface area contributed by atoms with Gasteiger partial charge in [-0.15, -0.1) is 0 Å². The smallest absolute Gasteiger partial charge is 0.407 e. The van der Waals surface area contributed by atoms with Gasteiger partial charge in [0.05, 0.1) is 6.07 Å². The minimum atomic E-state index is -1.56. The SMILES string of the molecule is CC(C)(C)OC(=O)CC[C@@H](C(=O)OC(C)(C)C)n1c(O)cc(=O)n([C@@H](CCCCNC(=O)OCc2ccccc2)C(=O)OC(C)(C)C)c1=O. The zero-order chi connectivity index (χ0) is 37.2. The third kappa shape index (κ3) is 14.2. The largest absolute Gasteiger partial charge is 0.494 e. The van der Waals surface area contributed by atoms with Gasteiger partial charge in [0.1, 0.15) is 35.5 Å². The van der Waals surface area contributed by atoms with Gasteiger partial charge in [0.15, 0.2) is 0 Å². The van der Waals surface area contributed by atoms with Gasteiger partial charge >= 0.3 is 29.7 Å². The molecule has 0 radical (unpaired) electrons. The Labute approximate surface area is 286 Å². The van der Waals surface area contributed by atoms with Gasteiger partial charge in [-0.25, -0.2) is 28.3 Å². The zero-order valence-corrected chi connectivity index (χ0v) is 30.0. The third-order valence-electron chi connectivity index (χ3n) is 6.56. The molecule has 0 saturated carbocycles. The Hall–Kier alpha value is -4.62. The van der Waals surface area contributed by atoms with Crippen LogP contribution in [0.3, 0.4) is 0 Å². The van der Waals surface area contributed by atoms with Gasteiger partial charge in [0, 0.05) is 13.0 Å². The van der Waals surface area contributed by atoms with Crippen LogP contribution in [0.5, 0.6) is 5.88 Å². The van der Waals surface area contributed by atoms with Crippen LogP contribution in [-0.2, 0) is 39.9 Å². The summed E-state index contributed by atoms with van der Waals surface area (Å²) in [6.07, 6.45) is -0.753. The average Bonchev–Trinajstić information content (AvgIpc) is 2.94. The summed E-state index contributed by atoms with van der Waals surface area (Å²) in [5, 5.41) is 13.5. The highest BCUT2D eigenvalue weighted by Crippen LogP contribution is 2.25. The molecule has 14 nitrogen and oxygen atoms in total. The van der Waals surface area contributed by atoms with Crippen molar-refractivity contribution in [1.82, 2.24) is 14.5 Å². The molecule has 0 aliphatic carbocycles. The number of nitrogens with zero attached hydrogens (tertiary/aromatic N) is 2. The lowest BCUT2D eigenvalue weighted by Gasteiger charge is -2.28. The normalized spacial score (nSPS) is 13.2. The summed E-state index contributed by atoms with van der Waals surface area (Å²) < 4.78 is 22.9. The number of rotatable bonds is 14. The number of amides is 1. The number of esters is 3. The monoisotopic (exact) mass is 689 g/mol. The number of benzene rings is 1. The molecule has 0 fully saturated rings. The van der Waals surface area contributed by atoms with Gasteiger partial charge in [-0.3, -0.25) is 9.59 Å². The maximum absolute atomic E-state index is 14.0. The molecule has 14 heteroatoms. The summed E-state index contributed by atoms with van der Waals surface area (Å²) in [5.41, 5.74) is -4.16. The van der Waals surface area contributed by atoms with Gasteiger partial charge in [-0.2, -0.15) is 0 Å². The molecule has 0 aliphatic rings. The maximum atomic E-state index is 14.0. The first kappa shape index (κ1) is 40.6. The van der Waals surface area contributed by atoms with Crippen LogP contribution in [0.4, 0.5) is 4.79 Å². The number of aromatic nitrogens is 2. The first-order valence-electron chi connectivity index (χ1n) is 16.3. The third-order valence-corrected chi connectivity index (χ3v) is 6.56. The minimum Gasteiger partial charge on any atom is -0.494 e. The molecule has 1 aromatic carbocycles. The van der Waals surface area contributed by atoms with Crippen molar-refractivity contribution < 1.29 is 43.2 Å². The van der Waals surface area contributed by atoms with Crippen LogP contribution in [0.25, 0.3) is 0 Å². The Balaban J connectivity index is 2.38. The molecule has 0 bridgehead atoms. The summed E-state index contributed by atoms with van der Waals surface area (Å²) in [6, 6.07) is 6.84. The lowest BCUT2D eigenvalue weighted by molar-refractivity contribution is -0.161. The van der Waals surface area contributed by atoms with Gasteiger partial charge in [-0.1, -0.05) is 30.3 Å². The Bertz CT molecular complexity index is 1560. The summed E-state index contributed by atoms with van der Waals surface area (Å²) in [6.45, 7) is 15.0. The Morgan fingerprint density at radius 3 is 1.82 bits per heavy atom. The minimum absolute atomic E-state index is 0.0649. The van der Waals surface area contributed by atoms with Gasteiger partial charge < -0.3 is 29.4 Å². The van der Waals surface area contributed by atoms with Crippen molar-refractivity contribution in [2.45, 2.75) is 130 Å². The molecule has 2 atom stereocenters. The molecule has 49 heavy (non-hydrogen) atoms. The zero-order valence-electron chi connectivity index (χ0n) is 30.0. The van der Waals surface area contributed by atoms with E-state index in [1.165, 1.54) is 0 Å². The Morgan fingerprint density at radius 1 is 0.755 bits per heavy atom. The number of hydrogen-bond donors (Lipinski definition) is 2. The molecule has 1 heterocycles. The quantitative estimate of drug-likeness (QED) is 0.159. The number of aromatic hydroxyl groups is 1. The van der Waals surface area contributed by atoms with Crippen LogP contribution in [-0.4, -0.2) is 61.6 Å². The molecule has 0 spiro atoms. The van der Waals surface area contributed by atoms with Crippen LogP contribution in [0.15, 0.2) is 46.0 Å². The molecule has 272 valence electrons. The Kier molecular flexibility index (Phi) is 14.2. The van der Waals surface area contributed by atoms with Crippen molar-refractivity contribution >= 4 is 24.0 Å². The van der Waals surface area contributed by atoms with Crippen molar-refractivity contribution in [1.29, 1.82) is 0 Å². The van der Waals surface area contributed by atoms with Gasteiger partial charge in [0.25, 0.3) is 5.56 Å². The van der Waals surface area contributed by atoms with Crippen LogP contribution >= 0.6 is 0 Å². The molecule has 0 unspecified atom stereocenters. The Morgan fingerprint density at radius 2 is 1.29 bits per heavy atom. The molecular formula is C35H51N3O11. The van der Waals surface area contributed by atoms with Crippen LogP contribution in [0.2, 0.25) is 0 Å². The molecular weight excluding hydrogens is 638 g/mol. The first-order chi connectivity index (χ1) is 22.6. The first-order valence-corrected chi connectivity index (χ1v) is 16.3. The number of alkyl carbamates (subject to hydrolysis) is 1. The van der Waals surface area contributed by atoms with E-state index >= 15 is 0 Å². The molecule has 1 aromatic heterocycles. The van der Waals surface area contributed by atoms with E-state index < -0.39 is 70.0 Å². The molecule has 2 aromatic rings. The highest BCUT2D eigenvalue weighted by atomic mass is 16.6. The summed E-state index contributed by atoms with van der Waals surface area (Å²) in [7, 11) is 0. The number of unbranched alkanes of at least 4 members (excludes halogenated alkanes) is 1. The fraction of sp³-hybridized carbons (Fsp3) is 0.600. The second-order valence-corrected chi connectivity index (χ2v) is 14.6. The molecule has 2 N–H and O–H groups in total. The van der Waals surface area contributed by atoms with Crippen LogP contribution in [0.1, 0.15) is 112 Å². The van der Waals surface area contributed by atoms with E-state index in [1.807, 2.05) is 30.3 Å². The van der Waals surface area contributed by atoms with Crippen molar-refractivity contribution in [3.8, 4) is 5.88 Å². The number of hydrogen-bond acceptors (Lipinski definition) is 11. The van der Waals surface area contributed by atoms with Crippen LogP contribution < -0.4 is 16.6 Å². The van der Waals surface area contributed by atoms with E-state index in [1.54, 1.807) is 62.3 Å². The van der Waals surface area contributed by atoms with Gasteiger partial charge in [-0.05, 0) is 93.6 Å². The summed E-state index contributed by atoms with van der Waals surface area (Å²) in [4.78, 5) is 78.9. The fourth-order valence-electron chi connectivity index (χ4n) is 4.66. The maximum Gasteiger partial charge on any atom is 0.407 e. The van der Waals surface area contributed by atoms with Crippen molar-refractivity contribution in [3.63, 3.8) is 0 Å². The molecule has 2 rings (SSSR count). The van der Waals surface area contributed by atoms with Crippen molar-refractivity contribution in [3.05, 3.63) is 62.8 Å². The van der Waals surface area contributed by atoms with E-state index in [9.17, 15) is 33.9 Å². The topological polar surface area (TPSA) is 181 Å². The fourth-order valence-corrected chi connectivity index (χ4v) is 4.66. The van der Waals surface area contributed by atoms with Gasteiger partial charge in [0.2, 0.25) is 5.88 Å². The molecule has 0 saturated heterocycles. The lowest BCUT2D eigenvalue weighted by Crippen LogP contribution is -2.47. The van der Waals surface area contributed by atoms with E-state index in [0.717, 1.165) is 5.56 Å². The standard InChI is InChI=1S/C35H51N3O11/c1-33(2,3)47-28(41)19-18-25(30(43)49-35(7,8)9)38-27(40)21-26(39)37(32(38)45)24(29(42)48-34(4,5)6)17-13-14-20-36-31(44)46-22-23-15-11-10-12-16-23/h10-12,15-16,21,24-25,40H,13-14,17-20,22H2,1-9H3,(H,36,44)/t24-,25-/m0/s1. The van der Waals surface area contributed by atoms with E-state index in [-0.39, 0.29) is 38.8 Å². The average molecular weight is 690 g/mol. The van der Waals surface area contributed by atoms with E-state index in [4.69, 9.17) is 18.9 Å². The van der Waals surface area contributed by atoms with Crippen molar-refractivity contribution in [2.24, 2.45) is 0 Å². The highest BCUT2D eigenvalue weighted by molar-refractivity contribution is 5.77. The summed E-state index contributed by atoms with van der Waals surface area (Å²) >= 11 is 0. The predicted molar refractivity (Wildman–Crippen MR) is 180 cm³/mol. The number of carbonyl (C=O) groups is 4. The van der Waals surface area contributed by atoms with E-state index in [0.29, 0.717) is 21.6 Å². The molecule has 0 aliphatic heterocycles. The van der Waals surface area contributed by atoms with Crippen LogP contribution in [0, 0.1) is 0 Å². The second kappa shape index (κ2) is 17.2. The van der Waals surface area contributed by atoms with Crippen molar-refractivity contribution in [2.75, 3.05) is 6.54 Å². The number of nitrogens with one attached hydrogen (secondary N) is 1. The van der Waals surface area contributed by atoms with E-state index in [2.05, 4.69) is 5.32 Å². The second-order valence-electron chi connectivity index (χ2n) is 14.6. The number of ether oxygens (including phenoxy) is 4.